The molecule has 0 aromatic heterocycles. The highest BCUT2D eigenvalue weighted by molar-refractivity contribution is 7.89. The standard InChI is InChI=1S/C19H19NO6S/c1-20-27(23,24)18-12-14(8-10-17(18)25-2)9-11-19(22)26-13-16(21)15-6-4-3-5-7-15/h3-12,20H,13H2,1-2H3/b11-9+. The minimum atomic E-state index is -3.72. The largest absolute Gasteiger partial charge is 0.495 e. The SMILES string of the molecule is CNS(=O)(=O)c1cc(/C=C/C(=O)OCC(=O)c2ccccc2)ccc1OC. The van der Waals surface area contributed by atoms with Gasteiger partial charge in [-0.3, -0.25) is 4.79 Å². The summed E-state index contributed by atoms with van der Waals surface area (Å²) in [5.74, 6) is -0.852. The van der Waals surface area contributed by atoms with Gasteiger partial charge in [-0.15, -0.1) is 0 Å². The molecule has 0 aliphatic carbocycles. The molecule has 0 spiro atoms. The van der Waals surface area contributed by atoms with Gasteiger partial charge in [0.25, 0.3) is 0 Å². The second kappa shape index (κ2) is 9.11. The summed E-state index contributed by atoms with van der Waals surface area (Å²) in [6.45, 7) is -0.380. The number of nitrogens with one attached hydrogen (secondary N) is 1. The monoisotopic (exact) mass is 389 g/mol. The number of esters is 1. The summed E-state index contributed by atoms with van der Waals surface area (Å²) in [4.78, 5) is 23.6. The highest BCUT2D eigenvalue weighted by atomic mass is 32.2. The van der Waals surface area contributed by atoms with Gasteiger partial charge in [-0.2, -0.15) is 0 Å². The number of carbonyl (C=O) groups is 2. The van der Waals surface area contributed by atoms with Crippen LogP contribution in [0, 0.1) is 0 Å². The van der Waals surface area contributed by atoms with Gasteiger partial charge in [-0.25, -0.2) is 17.9 Å². The van der Waals surface area contributed by atoms with Crippen LogP contribution in [-0.2, 0) is 19.6 Å². The van der Waals surface area contributed by atoms with Gasteiger partial charge in [0.15, 0.2) is 12.4 Å². The molecule has 0 heterocycles. The van der Waals surface area contributed by atoms with Crippen molar-refractivity contribution in [3.8, 4) is 5.75 Å². The number of benzene rings is 2. The number of hydrogen-bond acceptors (Lipinski definition) is 6. The van der Waals surface area contributed by atoms with Crippen LogP contribution in [0.2, 0.25) is 0 Å². The molecule has 7 nitrogen and oxygen atoms in total. The maximum atomic E-state index is 12.0. The fourth-order valence-electron chi connectivity index (χ4n) is 2.17. The van der Waals surface area contributed by atoms with E-state index in [1.54, 1.807) is 36.4 Å². The molecule has 0 unspecified atom stereocenters. The van der Waals surface area contributed by atoms with E-state index in [9.17, 15) is 18.0 Å². The first-order valence-electron chi connectivity index (χ1n) is 7.92. The van der Waals surface area contributed by atoms with E-state index < -0.39 is 16.0 Å². The van der Waals surface area contributed by atoms with Crippen molar-refractivity contribution >= 4 is 27.9 Å². The van der Waals surface area contributed by atoms with Crippen LogP contribution in [0.5, 0.6) is 5.75 Å². The van der Waals surface area contributed by atoms with Crippen LogP contribution in [0.1, 0.15) is 15.9 Å². The lowest BCUT2D eigenvalue weighted by molar-refractivity contribution is -0.136. The minimum absolute atomic E-state index is 0.0535. The molecule has 8 heteroatoms. The molecule has 142 valence electrons. The molecule has 2 rings (SSSR count). The zero-order valence-electron chi connectivity index (χ0n) is 14.8. The predicted octanol–water partition coefficient (Wildman–Crippen LogP) is 2.04. The van der Waals surface area contributed by atoms with Crippen molar-refractivity contribution in [2.75, 3.05) is 20.8 Å². The van der Waals surface area contributed by atoms with E-state index in [2.05, 4.69) is 4.72 Å². The van der Waals surface area contributed by atoms with Gasteiger partial charge >= 0.3 is 5.97 Å². The van der Waals surface area contributed by atoms with E-state index in [0.717, 1.165) is 6.08 Å². The average Bonchev–Trinajstić information content (AvgIpc) is 2.70. The van der Waals surface area contributed by atoms with Gasteiger partial charge < -0.3 is 9.47 Å². The Labute approximate surface area is 157 Å². The summed E-state index contributed by atoms with van der Waals surface area (Å²) in [6, 6.07) is 12.9. The van der Waals surface area contributed by atoms with E-state index in [1.165, 1.54) is 32.4 Å². The fraction of sp³-hybridized carbons (Fsp3) is 0.158. The number of rotatable bonds is 8. The summed E-state index contributed by atoms with van der Waals surface area (Å²) < 4.78 is 36.3. The molecule has 0 saturated carbocycles. The van der Waals surface area contributed by atoms with Crippen molar-refractivity contribution in [2.45, 2.75) is 4.90 Å². The first-order chi connectivity index (χ1) is 12.9. The summed E-state index contributed by atoms with van der Waals surface area (Å²) in [5, 5.41) is 0. The zero-order chi connectivity index (χ0) is 19.9. The third-order valence-electron chi connectivity index (χ3n) is 3.60. The Morgan fingerprint density at radius 1 is 1.11 bits per heavy atom. The molecule has 0 radical (unpaired) electrons. The Morgan fingerprint density at radius 2 is 1.81 bits per heavy atom. The predicted molar refractivity (Wildman–Crippen MR) is 100 cm³/mol. The van der Waals surface area contributed by atoms with Crippen molar-refractivity contribution in [3.05, 3.63) is 65.7 Å². The molecule has 1 N–H and O–H groups in total. The van der Waals surface area contributed by atoms with E-state index in [4.69, 9.17) is 9.47 Å². The van der Waals surface area contributed by atoms with Crippen LogP contribution < -0.4 is 9.46 Å². The maximum Gasteiger partial charge on any atom is 0.331 e. The molecule has 2 aromatic rings. The smallest absolute Gasteiger partial charge is 0.331 e. The Morgan fingerprint density at radius 3 is 2.44 bits per heavy atom. The summed E-state index contributed by atoms with van der Waals surface area (Å²) in [5.41, 5.74) is 0.905. The lowest BCUT2D eigenvalue weighted by Gasteiger charge is -2.09. The topological polar surface area (TPSA) is 98.8 Å². The van der Waals surface area contributed by atoms with Crippen LogP contribution in [-0.4, -0.2) is 40.9 Å². The quantitative estimate of drug-likeness (QED) is 0.421. The van der Waals surface area contributed by atoms with Gasteiger partial charge in [0, 0.05) is 11.6 Å². The first-order valence-corrected chi connectivity index (χ1v) is 9.40. The van der Waals surface area contributed by atoms with Crippen LogP contribution in [0.25, 0.3) is 6.08 Å². The third-order valence-corrected chi connectivity index (χ3v) is 5.03. The molecule has 0 fully saturated rings. The second-order valence-electron chi connectivity index (χ2n) is 5.35. The van der Waals surface area contributed by atoms with Gasteiger partial charge in [0.05, 0.1) is 7.11 Å². The molecule has 0 saturated heterocycles. The van der Waals surface area contributed by atoms with Crippen molar-refractivity contribution in [1.29, 1.82) is 0 Å². The highest BCUT2D eigenvalue weighted by Crippen LogP contribution is 2.25. The lowest BCUT2D eigenvalue weighted by Crippen LogP contribution is -2.19. The normalized spacial score (nSPS) is 11.3. The molecule has 27 heavy (non-hydrogen) atoms. The Bertz CT molecular complexity index is 951. The van der Waals surface area contributed by atoms with Gasteiger partial charge in [-0.1, -0.05) is 36.4 Å². The van der Waals surface area contributed by atoms with Crippen molar-refractivity contribution in [3.63, 3.8) is 0 Å². The summed E-state index contributed by atoms with van der Waals surface area (Å²) >= 11 is 0. The number of carbonyl (C=O) groups excluding carboxylic acids is 2. The maximum absolute atomic E-state index is 12.0. The summed E-state index contributed by atoms with van der Waals surface area (Å²) in [7, 11) is -1.07. The Kier molecular flexibility index (Phi) is 6.86. The third kappa shape index (κ3) is 5.50. The minimum Gasteiger partial charge on any atom is -0.495 e. The number of hydrogen-bond donors (Lipinski definition) is 1. The van der Waals surface area contributed by atoms with Crippen molar-refractivity contribution < 1.29 is 27.5 Å². The number of Topliss-reactive ketones (excluding diaryl/α,β-unsaturated/α-hetero) is 1. The molecule has 0 aliphatic heterocycles. The molecule has 0 amide bonds. The van der Waals surface area contributed by atoms with Crippen LogP contribution in [0.4, 0.5) is 0 Å². The average molecular weight is 389 g/mol. The first kappa shape index (κ1) is 20.3. The molecule has 0 aliphatic rings. The van der Waals surface area contributed by atoms with E-state index in [0.29, 0.717) is 11.1 Å². The van der Waals surface area contributed by atoms with E-state index in [1.807, 2.05) is 0 Å². The van der Waals surface area contributed by atoms with E-state index >= 15 is 0 Å². The van der Waals surface area contributed by atoms with Crippen LogP contribution in [0.3, 0.4) is 0 Å². The molecule has 0 atom stereocenters. The van der Waals surface area contributed by atoms with Crippen molar-refractivity contribution in [1.82, 2.24) is 4.72 Å². The zero-order valence-corrected chi connectivity index (χ0v) is 15.7. The Balaban J connectivity index is 2.06. The van der Waals surface area contributed by atoms with Gasteiger partial charge in [-0.05, 0) is 30.8 Å². The number of methoxy groups -OCH3 is 1. The number of ether oxygens (including phenoxy) is 2. The molecular weight excluding hydrogens is 370 g/mol. The van der Waals surface area contributed by atoms with Gasteiger partial charge in [0.1, 0.15) is 10.6 Å². The number of sulfonamides is 1. The second-order valence-corrected chi connectivity index (χ2v) is 7.20. The van der Waals surface area contributed by atoms with Crippen LogP contribution >= 0.6 is 0 Å². The fourth-order valence-corrected chi connectivity index (χ4v) is 3.10. The van der Waals surface area contributed by atoms with E-state index in [-0.39, 0.29) is 23.0 Å². The van der Waals surface area contributed by atoms with Gasteiger partial charge in [0.2, 0.25) is 10.0 Å². The molecular formula is C19H19NO6S. The number of ketones is 1. The molecule has 0 bridgehead atoms. The summed E-state index contributed by atoms with van der Waals surface area (Å²) in [6.07, 6.45) is 2.51. The Hall–Kier alpha value is -2.97. The van der Waals surface area contributed by atoms with Crippen LogP contribution in [0.15, 0.2) is 59.5 Å². The lowest BCUT2D eigenvalue weighted by atomic mass is 10.1. The molecule has 2 aromatic carbocycles. The van der Waals surface area contributed by atoms with Crippen molar-refractivity contribution in [2.24, 2.45) is 0 Å². The highest BCUT2D eigenvalue weighted by Gasteiger charge is 2.17.